The minimum atomic E-state index is 0. The van der Waals surface area contributed by atoms with Gasteiger partial charge in [-0.3, -0.25) is 4.79 Å². The molecule has 0 aliphatic carbocycles. The smallest absolute Gasteiger partial charge is 0.224 e. The number of unbranched alkanes of at least 4 members (excludes halogenated alkanes) is 11. The van der Waals surface area contributed by atoms with Crippen molar-refractivity contribution in [3.05, 3.63) is 76.7 Å². The molecule has 0 saturated heterocycles. The molecule has 0 fully saturated rings. The highest BCUT2D eigenvalue weighted by Gasteiger charge is 2.13. The minimum Gasteiger partial charge on any atom is -1.00 e. The molecule has 3 aromatic rings. The first-order valence-electron chi connectivity index (χ1n) is 15.2. The molecule has 0 atom stereocenters. The Hall–Kier alpha value is -2.18. The van der Waals surface area contributed by atoms with Crippen molar-refractivity contribution in [2.24, 2.45) is 0 Å². The maximum atomic E-state index is 12.5. The molecule has 0 radical (unpaired) electrons. The molecular formula is C34H49BrN2O2S. The van der Waals surface area contributed by atoms with Crippen molar-refractivity contribution >= 4 is 22.9 Å². The fraction of sp³-hybridized carbons (Fsp3) is 0.529. The van der Waals surface area contributed by atoms with Crippen LogP contribution in [-0.4, -0.2) is 19.1 Å². The van der Waals surface area contributed by atoms with E-state index in [1.54, 1.807) is 18.3 Å². The highest BCUT2D eigenvalue weighted by molar-refractivity contribution is 7.07. The summed E-state index contributed by atoms with van der Waals surface area (Å²) in [6.45, 7) is 6.15. The molecule has 6 heteroatoms. The van der Waals surface area contributed by atoms with Gasteiger partial charge in [-0.05, 0) is 42.7 Å². The number of carbonyl (C=O) groups is 1. The summed E-state index contributed by atoms with van der Waals surface area (Å²) >= 11 is 1.68. The van der Waals surface area contributed by atoms with Crippen LogP contribution >= 0.6 is 11.3 Å². The lowest BCUT2D eigenvalue weighted by Crippen LogP contribution is -3.00. The predicted octanol–water partition coefficient (Wildman–Crippen LogP) is 5.76. The predicted molar refractivity (Wildman–Crippen MR) is 165 cm³/mol. The summed E-state index contributed by atoms with van der Waals surface area (Å²) in [4.78, 5) is 14.4. The molecule has 0 N–H and O–H groups in total. The van der Waals surface area contributed by atoms with E-state index >= 15 is 0 Å². The van der Waals surface area contributed by atoms with E-state index in [0.29, 0.717) is 6.54 Å². The maximum Gasteiger partial charge on any atom is 0.224 e. The number of benzene rings is 2. The lowest BCUT2D eigenvalue weighted by atomic mass is 10.1. The first kappa shape index (κ1) is 34.0. The van der Waals surface area contributed by atoms with Gasteiger partial charge in [0.1, 0.15) is 5.75 Å². The quantitative estimate of drug-likeness (QED) is 0.118. The molecule has 0 bridgehead atoms. The molecule has 3 rings (SSSR count). The summed E-state index contributed by atoms with van der Waals surface area (Å²) in [6.07, 6.45) is 19.1. The zero-order valence-corrected chi connectivity index (χ0v) is 27.1. The molecule has 0 spiro atoms. The topological polar surface area (TPSA) is 33.4 Å². The molecule has 0 saturated carbocycles. The molecule has 40 heavy (non-hydrogen) atoms. The molecule has 4 nitrogen and oxygen atoms in total. The van der Waals surface area contributed by atoms with E-state index in [9.17, 15) is 4.79 Å². The first-order chi connectivity index (χ1) is 19.2. The summed E-state index contributed by atoms with van der Waals surface area (Å²) in [7, 11) is 0. The van der Waals surface area contributed by atoms with Crippen LogP contribution in [0.25, 0.3) is 0 Å². The van der Waals surface area contributed by atoms with Gasteiger partial charge in [-0.2, -0.15) is 4.57 Å². The monoisotopic (exact) mass is 628 g/mol. The van der Waals surface area contributed by atoms with Crippen molar-refractivity contribution in [1.29, 1.82) is 0 Å². The Kier molecular flexibility index (Phi) is 17.6. The summed E-state index contributed by atoms with van der Waals surface area (Å²) in [5.74, 6) is 0.995. The summed E-state index contributed by atoms with van der Waals surface area (Å²) in [6, 6.07) is 16.7. The summed E-state index contributed by atoms with van der Waals surface area (Å²) in [5.41, 5.74) is 5.44. The number of amides is 1. The van der Waals surface area contributed by atoms with Crippen LogP contribution in [0.3, 0.4) is 0 Å². The standard InChI is InChI=1S/C34H49N2O2S.BrH/c1-3-4-5-6-7-8-9-10-11-12-13-14-24-38-34-20-16-17-31(27-34)21-22-36(30(2)37)33-19-15-18-32(26-33)28-35-23-25-39-29-35;/h15-20,23,25-27,29H,3-14,21-22,24,28H2,1-2H3;1H/q+1;/p-1. The second-order valence-electron chi connectivity index (χ2n) is 10.7. The number of nitrogens with zero attached hydrogens (tertiary/aromatic N) is 2. The Balaban J connectivity index is 0.00000560. The van der Waals surface area contributed by atoms with Crippen LogP contribution in [0.2, 0.25) is 0 Å². The van der Waals surface area contributed by atoms with Gasteiger partial charge in [-0.15, -0.1) is 0 Å². The lowest BCUT2D eigenvalue weighted by Gasteiger charge is -2.22. The fourth-order valence-corrected chi connectivity index (χ4v) is 5.62. The molecule has 0 unspecified atom stereocenters. The largest absolute Gasteiger partial charge is 1.00 e. The molecule has 1 amide bonds. The van der Waals surface area contributed by atoms with Gasteiger partial charge in [0.2, 0.25) is 11.4 Å². The normalized spacial score (nSPS) is 10.8. The molecule has 1 aromatic heterocycles. The average Bonchev–Trinajstić information content (AvgIpc) is 3.45. The van der Waals surface area contributed by atoms with Gasteiger partial charge in [-0.1, -0.05) is 113 Å². The van der Waals surface area contributed by atoms with Gasteiger partial charge < -0.3 is 26.6 Å². The number of anilines is 1. The van der Waals surface area contributed by atoms with Crippen LogP contribution in [0, 0.1) is 0 Å². The Labute approximate surface area is 257 Å². The van der Waals surface area contributed by atoms with E-state index < -0.39 is 0 Å². The van der Waals surface area contributed by atoms with Crippen molar-refractivity contribution in [2.45, 2.75) is 104 Å². The highest BCUT2D eigenvalue weighted by atomic mass is 79.9. The van der Waals surface area contributed by atoms with E-state index in [2.05, 4.69) is 58.9 Å². The van der Waals surface area contributed by atoms with Gasteiger partial charge in [0.15, 0.2) is 12.7 Å². The van der Waals surface area contributed by atoms with Crippen LogP contribution in [-0.2, 0) is 17.8 Å². The molecular weight excluding hydrogens is 580 g/mol. The summed E-state index contributed by atoms with van der Waals surface area (Å²) in [5, 5.41) is 2.07. The van der Waals surface area contributed by atoms with Crippen molar-refractivity contribution in [1.82, 2.24) is 0 Å². The van der Waals surface area contributed by atoms with Crippen LogP contribution in [0.5, 0.6) is 5.75 Å². The number of halogens is 1. The number of rotatable bonds is 20. The Morgan fingerprint density at radius 1 is 0.850 bits per heavy atom. The Morgan fingerprint density at radius 3 is 2.15 bits per heavy atom. The van der Waals surface area contributed by atoms with Gasteiger partial charge in [-0.25, -0.2) is 0 Å². The highest BCUT2D eigenvalue weighted by Crippen LogP contribution is 2.20. The SMILES string of the molecule is CCCCCCCCCCCCCCOc1cccc(CCN(C(C)=O)c2cccc(C[n+]3ccsc3)c2)c1.[Br-]. The average molecular weight is 630 g/mol. The van der Waals surface area contributed by atoms with Crippen molar-refractivity contribution in [2.75, 3.05) is 18.1 Å². The van der Waals surface area contributed by atoms with Crippen LogP contribution in [0.4, 0.5) is 5.69 Å². The lowest BCUT2D eigenvalue weighted by molar-refractivity contribution is -0.683. The fourth-order valence-electron chi connectivity index (χ4n) is 5.02. The number of hydrogen-bond donors (Lipinski definition) is 0. The van der Waals surface area contributed by atoms with E-state index in [0.717, 1.165) is 37.4 Å². The van der Waals surface area contributed by atoms with Crippen LogP contribution in [0.1, 0.15) is 102 Å². The molecule has 220 valence electrons. The molecule has 0 aliphatic rings. The second-order valence-corrected chi connectivity index (χ2v) is 11.4. The van der Waals surface area contributed by atoms with Gasteiger partial charge >= 0.3 is 0 Å². The summed E-state index contributed by atoms with van der Waals surface area (Å²) < 4.78 is 8.22. The zero-order valence-electron chi connectivity index (χ0n) is 24.7. The van der Waals surface area contributed by atoms with Gasteiger partial charge in [0, 0.05) is 24.7 Å². The maximum absolute atomic E-state index is 12.5. The number of aromatic nitrogens is 1. The molecule has 2 aromatic carbocycles. The van der Waals surface area contributed by atoms with Crippen molar-refractivity contribution in [3.63, 3.8) is 0 Å². The number of ether oxygens (including phenoxy) is 1. The van der Waals surface area contributed by atoms with E-state index in [-0.39, 0.29) is 22.9 Å². The number of thiazole rings is 1. The number of hydrogen-bond acceptors (Lipinski definition) is 3. The van der Waals surface area contributed by atoms with Gasteiger partial charge in [0.25, 0.3) is 0 Å². The minimum absolute atomic E-state index is 0. The van der Waals surface area contributed by atoms with E-state index in [4.69, 9.17) is 4.74 Å². The number of carbonyl (C=O) groups excluding carboxylic acids is 1. The zero-order chi connectivity index (χ0) is 27.5. The molecule has 0 aliphatic heterocycles. The Morgan fingerprint density at radius 2 is 1.50 bits per heavy atom. The second kappa shape index (κ2) is 20.7. The van der Waals surface area contributed by atoms with Crippen LogP contribution < -0.4 is 31.2 Å². The third-order valence-corrected chi connectivity index (χ3v) is 7.96. The third kappa shape index (κ3) is 13.5. The van der Waals surface area contributed by atoms with Crippen molar-refractivity contribution in [3.8, 4) is 5.75 Å². The van der Waals surface area contributed by atoms with Gasteiger partial charge in [0.05, 0.1) is 12.0 Å². The van der Waals surface area contributed by atoms with Crippen molar-refractivity contribution < 1.29 is 31.1 Å². The third-order valence-electron chi connectivity index (χ3n) is 7.28. The van der Waals surface area contributed by atoms with Crippen LogP contribution in [0.15, 0.2) is 65.6 Å². The molecule has 1 heterocycles. The van der Waals surface area contributed by atoms with E-state index in [1.807, 2.05) is 23.1 Å². The van der Waals surface area contributed by atoms with E-state index in [1.165, 1.54) is 81.8 Å². The first-order valence-corrected chi connectivity index (χ1v) is 16.1. The Bertz CT molecular complexity index is 1070.